The van der Waals surface area contributed by atoms with E-state index < -0.39 is 10.0 Å². The summed E-state index contributed by atoms with van der Waals surface area (Å²) in [6, 6.07) is 14.9. The van der Waals surface area contributed by atoms with Gasteiger partial charge >= 0.3 is 0 Å². The summed E-state index contributed by atoms with van der Waals surface area (Å²) in [5.74, 6) is 0.933. The number of carbonyl (C=O) groups excluding carboxylic acids is 1. The lowest BCUT2D eigenvalue weighted by atomic mass is 10.2. The van der Waals surface area contributed by atoms with Gasteiger partial charge in [0.05, 0.1) is 23.9 Å². The van der Waals surface area contributed by atoms with Gasteiger partial charge in [-0.3, -0.25) is 4.79 Å². The lowest BCUT2D eigenvalue weighted by Gasteiger charge is -2.33. The zero-order valence-electron chi connectivity index (χ0n) is 17.6. The van der Waals surface area contributed by atoms with Crippen LogP contribution in [0, 0.1) is 0 Å². The number of amides is 1. The summed E-state index contributed by atoms with van der Waals surface area (Å²) < 4.78 is 31.8. The average Bonchev–Trinajstić information content (AvgIpc) is 3.24. The number of hydrogen-bond donors (Lipinski definition) is 1. The molecule has 0 radical (unpaired) electrons. The van der Waals surface area contributed by atoms with Crippen LogP contribution < -0.4 is 4.74 Å². The minimum Gasteiger partial charge on any atom is -0.497 e. The molecule has 1 fully saturated rings. The van der Waals surface area contributed by atoms with Gasteiger partial charge in [-0.2, -0.15) is 4.31 Å². The number of piperazine rings is 1. The van der Waals surface area contributed by atoms with Gasteiger partial charge in [-0.15, -0.1) is 0 Å². The Kier molecular flexibility index (Phi) is 6.83. The Morgan fingerprint density at radius 3 is 2.62 bits per heavy atom. The van der Waals surface area contributed by atoms with Crippen LogP contribution in [-0.4, -0.2) is 72.5 Å². The first-order valence-electron chi connectivity index (χ1n) is 10.1. The van der Waals surface area contributed by atoms with E-state index in [0.717, 1.165) is 22.3 Å². The van der Waals surface area contributed by atoms with Gasteiger partial charge in [-0.05, 0) is 23.8 Å². The number of ether oxygens (including phenoxy) is 1. The van der Waals surface area contributed by atoms with Crippen molar-refractivity contribution in [3.63, 3.8) is 0 Å². The Labute approximate surface area is 191 Å². The molecule has 2 aromatic carbocycles. The van der Waals surface area contributed by atoms with Crippen molar-refractivity contribution >= 4 is 44.8 Å². The topological polar surface area (TPSA) is 95.6 Å². The number of nitrogens with zero attached hydrogens (tertiary/aromatic N) is 3. The molecule has 1 aromatic heterocycles. The van der Waals surface area contributed by atoms with Crippen molar-refractivity contribution in [2.24, 2.45) is 0 Å². The SMILES string of the molecule is COc1ccc2nc(SCC(=O)N3CCN(S(=O)(=O)/C=C/c4ccccc4)CC3)[nH]c2c1. The van der Waals surface area contributed by atoms with Crippen LogP contribution >= 0.6 is 11.8 Å². The molecular formula is C22H24N4O4S2. The van der Waals surface area contributed by atoms with Crippen LogP contribution in [0.1, 0.15) is 5.56 Å². The number of nitrogens with one attached hydrogen (secondary N) is 1. The van der Waals surface area contributed by atoms with Crippen molar-refractivity contribution in [2.75, 3.05) is 39.0 Å². The lowest BCUT2D eigenvalue weighted by molar-refractivity contribution is -0.129. The Hall–Kier alpha value is -2.82. The van der Waals surface area contributed by atoms with E-state index in [1.165, 1.54) is 21.5 Å². The Morgan fingerprint density at radius 2 is 1.91 bits per heavy atom. The summed E-state index contributed by atoms with van der Waals surface area (Å²) in [6.45, 7) is 1.30. The van der Waals surface area contributed by atoms with Crippen molar-refractivity contribution in [1.29, 1.82) is 0 Å². The maximum atomic E-state index is 12.6. The number of imidazole rings is 1. The largest absolute Gasteiger partial charge is 0.497 e. The third-order valence-electron chi connectivity index (χ3n) is 5.18. The van der Waals surface area contributed by atoms with Crippen LogP contribution in [0.5, 0.6) is 5.75 Å². The number of benzene rings is 2. The van der Waals surface area contributed by atoms with E-state index in [0.29, 0.717) is 18.2 Å². The van der Waals surface area contributed by atoms with Crippen molar-refractivity contribution in [3.8, 4) is 5.75 Å². The molecule has 1 N–H and O–H groups in total. The molecule has 1 amide bonds. The highest BCUT2D eigenvalue weighted by atomic mass is 32.2. The number of fused-ring (bicyclic) bond motifs is 1. The van der Waals surface area contributed by atoms with Crippen LogP contribution in [0.4, 0.5) is 0 Å². The molecule has 8 nitrogen and oxygen atoms in total. The minimum absolute atomic E-state index is 0.0371. The summed E-state index contributed by atoms with van der Waals surface area (Å²) in [4.78, 5) is 22.0. The molecule has 0 spiro atoms. The van der Waals surface area contributed by atoms with E-state index in [1.54, 1.807) is 18.1 Å². The predicted octanol–water partition coefficient (Wildman–Crippen LogP) is 2.81. The highest BCUT2D eigenvalue weighted by Crippen LogP contribution is 2.23. The van der Waals surface area contributed by atoms with E-state index in [2.05, 4.69) is 9.97 Å². The fourth-order valence-electron chi connectivity index (χ4n) is 3.39. The third kappa shape index (κ3) is 5.32. The van der Waals surface area contributed by atoms with Crippen LogP contribution in [0.3, 0.4) is 0 Å². The Bertz CT molecular complexity index is 1220. The van der Waals surface area contributed by atoms with Crippen molar-refractivity contribution in [2.45, 2.75) is 5.16 Å². The second kappa shape index (κ2) is 9.76. The fraction of sp³-hybridized carbons (Fsp3) is 0.273. The predicted molar refractivity (Wildman–Crippen MR) is 126 cm³/mol. The highest BCUT2D eigenvalue weighted by molar-refractivity contribution is 7.99. The molecule has 0 aliphatic carbocycles. The van der Waals surface area contributed by atoms with Gasteiger partial charge in [-0.1, -0.05) is 42.1 Å². The van der Waals surface area contributed by atoms with Gasteiger partial charge in [0.2, 0.25) is 15.9 Å². The minimum atomic E-state index is -3.52. The molecule has 0 unspecified atom stereocenters. The summed E-state index contributed by atoms with van der Waals surface area (Å²) in [7, 11) is -1.91. The Balaban J connectivity index is 1.29. The molecule has 0 saturated carbocycles. The van der Waals surface area contributed by atoms with Crippen LogP contribution in [0.2, 0.25) is 0 Å². The highest BCUT2D eigenvalue weighted by Gasteiger charge is 2.27. The van der Waals surface area contributed by atoms with E-state index >= 15 is 0 Å². The number of H-pyrrole nitrogens is 1. The van der Waals surface area contributed by atoms with E-state index in [9.17, 15) is 13.2 Å². The number of rotatable bonds is 7. The van der Waals surface area contributed by atoms with Gasteiger partial charge in [0.1, 0.15) is 5.75 Å². The van der Waals surface area contributed by atoms with Crippen molar-refractivity contribution in [3.05, 3.63) is 59.5 Å². The fourth-order valence-corrected chi connectivity index (χ4v) is 5.35. The lowest BCUT2D eigenvalue weighted by Crippen LogP contribution is -2.50. The molecule has 1 saturated heterocycles. The zero-order chi connectivity index (χ0) is 22.6. The molecule has 10 heteroatoms. The third-order valence-corrected chi connectivity index (χ3v) is 7.61. The van der Waals surface area contributed by atoms with Crippen LogP contribution in [0.15, 0.2) is 59.1 Å². The molecule has 0 atom stereocenters. The van der Waals surface area contributed by atoms with Gasteiger partial charge in [0, 0.05) is 37.7 Å². The normalized spacial score (nSPS) is 15.5. The van der Waals surface area contributed by atoms with Crippen LogP contribution in [-0.2, 0) is 14.8 Å². The number of carbonyl (C=O) groups is 1. The second-order valence-corrected chi connectivity index (χ2v) is 10.0. The first-order chi connectivity index (χ1) is 15.4. The number of aromatic nitrogens is 2. The first kappa shape index (κ1) is 22.4. The molecule has 32 heavy (non-hydrogen) atoms. The molecule has 2 heterocycles. The summed E-state index contributed by atoms with van der Waals surface area (Å²) in [5.41, 5.74) is 2.48. The Morgan fingerprint density at radius 1 is 1.16 bits per heavy atom. The zero-order valence-corrected chi connectivity index (χ0v) is 19.2. The monoisotopic (exact) mass is 472 g/mol. The molecule has 1 aliphatic rings. The average molecular weight is 473 g/mol. The number of thioether (sulfide) groups is 1. The summed E-state index contributed by atoms with van der Waals surface area (Å²) in [5, 5.41) is 1.89. The number of sulfonamides is 1. The van der Waals surface area contributed by atoms with Crippen molar-refractivity contribution < 1.29 is 17.9 Å². The molecule has 1 aliphatic heterocycles. The quantitative estimate of drug-likeness (QED) is 0.532. The molecule has 0 bridgehead atoms. The van der Waals surface area contributed by atoms with Gasteiger partial charge in [-0.25, -0.2) is 13.4 Å². The van der Waals surface area contributed by atoms with Gasteiger partial charge < -0.3 is 14.6 Å². The number of aromatic amines is 1. The molecular weight excluding hydrogens is 448 g/mol. The number of hydrogen-bond acceptors (Lipinski definition) is 6. The van der Waals surface area contributed by atoms with Crippen LogP contribution in [0.25, 0.3) is 17.1 Å². The van der Waals surface area contributed by atoms with E-state index in [4.69, 9.17) is 4.74 Å². The second-order valence-electron chi connectivity index (χ2n) is 7.25. The molecule has 168 valence electrons. The standard InChI is InChI=1S/C22H24N4O4S2/c1-30-18-7-8-19-20(15-18)24-22(23-19)31-16-21(27)25-10-12-26(13-11-25)32(28,29)14-9-17-5-3-2-4-6-17/h2-9,14-15H,10-13,16H2,1H3,(H,23,24)/b14-9+. The molecule has 4 rings (SSSR count). The first-order valence-corrected chi connectivity index (χ1v) is 12.6. The smallest absolute Gasteiger partial charge is 0.236 e. The molecule has 3 aromatic rings. The number of methoxy groups -OCH3 is 1. The summed E-state index contributed by atoms with van der Waals surface area (Å²) >= 11 is 1.33. The van der Waals surface area contributed by atoms with Crippen molar-refractivity contribution in [1.82, 2.24) is 19.2 Å². The maximum Gasteiger partial charge on any atom is 0.236 e. The van der Waals surface area contributed by atoms with Gasteiger partial charge in [0.25, 0.3) is 0 Å². The van der Waals surface area contributed by atoms with E-state index in [1.807, 2.05) is 48.5 Å². The van der Waals surface area contributed by atoms with E-state index in [-0.39, 0.29) is 24.7 Å². The summed E-state index contributed by atoms with van der Waals surface area (Å²) in [6.07, 6.45) is 1.59. The maximum absolute atomic E-state index is 12.6. The van der Waals surface area contributed by atoms with Gasteiger partial charge in [0.15, 0.2) is 5.16 Å².